The fourth-order valence-corrected chi connectivity index (χ4v) is 5.50. The van der Waals surface area contributed by atoms with Crippen molar-refractivity contribution in [1.29, 1.82) is 0 Å². The molecule has 0 fully saturated rings. The highest BCUT2D eigenvalue weighted by atomic mass is 19.1. The van der Waals surface area contributed by atoms with Crippen molar-refractivity contribution in [2.75, 3.05) is 12.8 Å². The number of amides is 1. The molecule has 1 aromatic heterocycles. The zero-order valence-electron chi connectivity index (χ0n) is 20.8. The van der Waals surface area contributed by atoms with E-state index in [4.69, 9.17) is 15.2 Å². The number of nitrogens with zero attached hydrogens (tertiary/aromatic N) is 1. The number of rotatable bonds is 5. The average Bonchev–Trinajstić information content (AvgIpc) is 3.44. The number of aromatic nitrogens is 1. The lowest BCUT2D eigenvalue weighted by molar-refractivity contribution is 0.0857. The number of nitrogen functional groups attached to an aromatic ring is 1. The van der Waals surface area contributed by atoms with E-state index in [0.29, 0.717) is 28.4 Å². The van der Waals surface area contributed by atoms with Crippen LogP contribution in [0.15, 0.2) is 60.7 Å². The molecule has 37 heavy (non-hydrogen) atoms. The Hall–Kier alpha value is -4.23. The smallest absolute Gasteiger partial charge is 0.251 e. The van der Waals surface area contributed by atoms with E-state index in [1.165, 1.54) is 6.07 Å². The molecule has 2 aliphatic heterocycles. The highest BCUT2D eigenvalue weighted by molar-refractivity contribution is 5.94. The summed E-state index contributed by atoms with van der Waals surface area (Å²) in [5.41, 5.74) is 14.3. The molecule has 4 aromatic rings. The van der Waals surface area contributed by atoms with Crippen LogP contribution < -0.4 is 15.8 Å². The molecule has 2 atom stereocenters. The van der Waals surface area contributed by atoms with Gasteiger partial charge in [0.1, 0.15) is 29.6 Å². The van der Waals surface area contributed by atoms with Gasteiger partial charge in [0, 0.05) is 35.0 Å². The fourth-order valence-electron chi connectivity index (χ4n) is 5.50. The summed E-state index contributed by atoms with van der Waals surface area (Å²) in [6.07, 6.45) is -0.478. The van der Waals surface area contributed by atoms with Crippen molar-refractivity contribution in [3.63, 3.8) is 0 Å². The number of hydrogen-bond acceptors (Lipinski definition) is 5. The lowest BCUT2D eigenvalue weighted by Crippen LogP contribution is -2.24. The monoisotopic (exact) mass is 495 g/mol. The third-order valence-electron chi connectivity index (χ3n) is 7.30. The Morgan fingerprint density at radius 1 is 1.03 bits per heavy atom. The second kappa shape index (κ2) is 8.71. The van der Waals surface area contributed by atoms with Crippen LogP contribution in [0.5, 0.6) is 5.75 Å². The van der Waals surface area contributed by atoms with Crippen LogP contribution >= 0.6 is 0 Å². The van der Waals surface area contributed by atoms with E-state index >= 15 is 0 Å². The molecule has 0 aliphatic carbocycles. The summed E-state index contributed by atoms with van der Waals surface area (Å²) in [6, 6.07) is 18.4. The molecule has 2 bridgehead atoms. The van der Waals surface area contributed by atoms with Gasteiger partial charge in [0.25, 0.3) is 5.91 Å². The van der Waals surface area contributed by atoms with Gasteiger partial charge in [-0.1, -0.05) is 30.3 Å². The normalized spacial score (nSPS) is 16.9. The molecule has 3 aromatic carbocycles. The summed E-state index contributed by atoms with van der Waals surface area (Å²) in [5, 5.41) is 2.97. The van der Waals surface area contributed by atoms with Crippen molar-refractivity contribution in [2.24, 2.45) is 0 Å². The number of anilines is 1. The molecule has 3 heterocycles. The van der Waals surface area contributed by atoms with Crippen molar-refractivity contribution in [3.05, 3.63) is 111 Å². The molecular formula is C30H26FN3O3. The predicted octanol–water partition coefficient (Wildman–Crippen LogP) is 5.55. The number of nitrogens with one attached hydrogen (secondary N) is 1. The van der Waals surface area contributed by atoms with Crippen LogP contribution in [0.25, 0.3) is 11.1 Å². The number of nitrogens with two attached hydrogens (primary N) is 1. The molecule has 6 rings (SSSR count). The van der Waals surface area contributed by atoms with Crippen LogP contribution in [-0.4, -0.2) is 18.0 Å². The molecule has 0 spiro atoms. The molecule has 6 nitrogen and oxygen atoms in total. The maximum absolute atomic E-state index is 14.7. The molecule has 0 radical (unpaired) electrons. The number of halogens is 1. The van der Waals surface area contributed by atoms with Gasteiger partial charge in [0.15, 0.2) is 0 Å². The molecule has 186 valence electrons. The summed E-state index contributed by atoms with van der Waals surface area (Å²) in [7, 11) is 1.56. The van der Waals surface area contributed by atoms with Crippen molar-refractivity contribution < 1.29 is 18.7 Å². The van der Waals surface area contributed by atoms with E-state index in [2.05, 4.69) is 10.3 Å². The maximum atomic E-state index is 14.7. The number of pyridine rings is 1. The minimum absolute atomic E-state index is 0.185. The molecule has 2 aliphatic rings. The van der Waals surface area contributed by atoms with E-state index < -0.39 is 0 Å². The molecular weight excluding hydrogens is 469 g/mol. The number of carbonyl (C=O) groups is 1. The summed E-state index contributed by atoms with van der Waals surface area (Å²) in [5.74, 6) is 0.500. The van der Waals surface area contributed by atoms with E-state index in [0.717, 1.165) is 38.9 Å². The second-order valence-electron chi connectivity index (χ2n) is 9.51. The third kappa shape index (κ3) is 3.74. The topological polar surface area (TPSA) is 86.5 Å². The number of methoxy groups -OCH3 is 1. The average molecular weight is 496 g/mol. The maximum Gasteiger partial charge on any atom is 0.251 e. The highest BCUT2D eigenvalue weighted by Crippen LogP contribution is 2.55. The van der Waals surface area contributed by atoms with Gasteiger partial charge in [-0.25, -0.2) is 9.37 Å². The van der Waals surface area contributed by atoms with Gasteiger partial charge in [-0.2, -0.15) is 0 Å². The van der Waals surface area contributed by atoms with Gasteiger partial charge >= 0.3 is 0 Å². The fraction of sp³-hybridized carbons (Fsp3) is 0.200. The Labute approximate surface area is 214 Å². The van der Waals surface area contributed by atoms with Crippen molar-refractivity contribution in [1.82, 2.24) is 10.3 Å². The van der Waals surface area contributed by atoms with E-state index in [-0.39, 0.29) is 30.5 Å². The number of hydrogen-bond donors (Lipinski definition) is 2. The molecule has 3 N–H and O–H groups in total. The van der Waals surface area contributed by atoms with Crippen LogP contribution in [0.1, 0.15) is 61.6 Å². The number of aryl methyl sites for hydroxylation is 2. The van der Waals surface area contributed by atoms with Gasteiger partial charge in [-0.15, -0.1) is 0 Å². The van der Waals surface area contributed by atoms with E-state index in [9.17, 15) is 9.18 Å². The highest BCUT2D eigenvalue weighted by Gasteiger charge is 2.43. The molecule has 7 heteroatoms. The van der Waals surface area contributed by atoms with Crippen LogP contribution in [0, 0.1) is 19.7 Å². The Morgan fingerprint density at radius 3 is 2.51 bits per heavy atom. The minimum Gasteiger partial charge on any atom is -0.496 e. The lowest BCUT2D eigenvalue weighted by atomic mass is 9.83. The minimum atomic E-state index is -0.293. The van der Waals surface area contributed by atoms with Gasteiger partial charge < -0.3 is 20.5 Å². The summed E-state index contributed by atoms with van der Waals surface area (Å²) in [4.78, 5) is 17.4. The third-order valence-corrected chi connectivity index (χ3v) is 7.30. The molecule has 0 saturated heterocycles. The van der Waals surface area contributed by atoms with Crippen LogP contribution in [0.2, 0.25) is 0 Å². The number of carbonyl (C=O) groups excluding carboxylic acids is 1. The van der Waals surface area contributed by atoms with Crippen LogP contribution in [0.3, 0.4) is 0 Å². The summed E-state index contributed by atoms with van der Waals surface area (Å²) < 4.78 is 26.4. The van der Waals surface area contributed by atoms with Crippen molar-refractivity contribution in [3.8, 4) is 16.9 Å². The first-order chi connectivity index (χ1) is 17.9. The van der Waals surface area contributed by atoms with Gasteiger partial charge in [-0.05, 0) is 71.5 Å². The Kier molecular flexibility index (Phi) is 5.46. The van der Waals surface area contributed by atoms with E-state index in [1.807, 2.05) is 56.3 Å². The first-order valence-electron chi connectivity index (χ1n) is 12.1. The summed E-state index contributed by atoms with van der Waals surface area (Å²) >= 11 is 0. The second-order valence-corrected chi connectivity index (χ2v) is 9.51. The Bertz CT molecular complexity index is 1560. The first-order valence-corrected chi connectivity index (χ1v) is 12.1. The standard InChI is InChI=1S/C30H26FN3O3/c1-15-5-4-6-24(31)27(15)17-7-9-19-21(11-17)29-22-12-18(8-10-20(22)28(19)37-29)30(35)33-14-23-16(2)34-26(32)13-25(23)36-3/h4-13,28-29H,14H2,1-3H3,(H2,32,34)(H,33,35). The molecule has 1 amide bonds. The van der Waals surface area contributed by atoms with Gasteiger partial charge in [0.05, 0.1) is 7.11 Å². The molecule has 0 saturated carbocycles. The first kappa shape index (κ1) is 23.2. The summed E-state index contributed by atoms with van der Waals surface area (Å²) in [6.45, 7) is 4.00. The Morgan fingerprint density at radius 2 is 1.76 bits per heavy atom. The van der Waals surface area contributed by atoms with Crippen molar-refractivity contribution in [2.45, 2.75) is 32.6 Å². The largest absolute Gasteiger partial charge is 0.496 e. The predicted molar refractivity (Wildman–Crippen MR) is 139 cm³/mol. The SMILES string of the molecule is COc1cc(N)nc(C)c1CNC(=O)c1ccc2c(c1)C1OC2c2ccc(-c3c(C)cccc3F)cc21. The van der Waals surface area contributed by atoms with Crippen molar-refractivity contribution >= 4 is 11.7 Å². The zero-order chi connectivity index (χ0) is 25.8. The van der Waals surface area contributed by atoms with Crippen LogP contribution in [0.4, 0.5) is 10.2 Å². The van der Waals surface area contributed by atoms with Gasteiger partial charge in [-0.3, -0.25) is 4.79 Å². The number of fused-ring (bicyclic) bond motifs is 8. The van der Waals surface area contributed by atoms with Gasteiger partial charge in [0.2, 0.25) is 0 Å². The Balaban J connectivity index is 1.27. The number of benzene rings is 3. The number of ether oxygens (including phenoxy) is 2. The van der Waals surface area contributed by atoms with Crippen LogP contribution in [-0.2, 0) is 11.3 Å². The quantitative estimate of drug-likeness (QED) is 0.379. The molecule has 2 unspecified atom stereocenters. The lowest BCUT2D eigenvalue weighted by Gasteiger charge is -2.18. The zero-order valence-corrected chi connectivity index (χ0v) is 20.8. The van der Waals surface area contributed by atoms with E-state index in [1.54, 1.807) is 19.2 Å².